The average molecular weight is 390 g/mol. The van der Waals surface area contributed by atoms with Crippen molar-refractivity contribution in [2.45, 2.75) is 39.3 Å². The molecule has 28 heavy (non-hydrogen) atoms. The molecule has 0 spiro atoms. The highest BCUT2D eigenvalue weighted by Gasteiger charge is 2.40. The minimum absolute atomic E-state index is 0.205. The van der Waals surface area contributed by atoms with Crippen molar-refractivity contribution in [3.05, 3.63) is 29.1 Å². The number of hydrogen-bond acceptors (Lipinski definition) is 5. The van der Waals surface area contributed by atoms with Crippen molar-refractivity contribution in [1.82, 2.24) is 15.1 Å². The van der Waals surface area contributed by atoms with E-state index < -0.39 is 17.8 Å². The SMILES string of the molecule is CC.CN1CCN(c2cc(F)cc3c2CN(C2CCC(=O)NC2=O)C3=O)CC1. The Kier molecular flexibility index (Phi) is 5.98. The van der Waals surface area contributed by atoms with E-state index in [0.717, 1.165) is 37.4 Å². The molecule has 1 aromatic carbocycles. The molecule has 3 amide bonds. The topological polar surface area (TPSA) is 73.0 Å². The molecule has 2 fully saturated rings. The quantitative estimate of drug-likeness (QED) is 0.772. The fourth-order valence-electron chi connectivity index (χ4n) is 3.94. The Morgan fingerprint density at radius 1 is 1.07 bits per heavy atom. The smallest absolute Gasteiger partial charge is 0.255 e. The largest absolute Gasteiger partial charge is 0.369 e. The number of nitrogens with one attached hydrogen (secondary N) is 1. The van der Waals surface area contributed by atoms with Crippen molar-refractivity contribution in [3.8, 4) is 0 Å². The van der Waals surface area contributed by atoms with Gasteiger partial charge in [0.15, 0.2) is 0 Å². The number of benzene rings is 1. The van der Waals surface area contributed by atoms with Gasteiger partial charge in [-0.05, 0) is 25.6 Å². The van der Waals surface area contributed by atoms with Crippen LogP contribution in [0.15, 0.2) is 12.1 Å². The molecule has 0 bridgehead atoms. The number of halogens is 1. The number of fused-ring (bicyclic) bond motifs is 1. The van der Waals surface area contributed by atoms with Crippen molar-refractivity contribution in [2.24, 2.45) is 0 Å². The summed E-state index contributed by atoms with van der Waals surface area (Å²) >= 11 is 0. The average Bonchev–Trinajstić information content (AvgIpc) is 3.00. The maximum atomic E-state index is 14.2. The maximum Gasteiger partial charge on any atom is 0.255 e. The number of imide groups is 1. The van der Waals surface area contributed by atoms with Crippen LogP contribution in [0.2, 0.25) is 0 Å². The summed E-state index contributed by atoms with van der Waals surface area (Å²) in [5, 5.41) is 2.29. The Hall–Kier alpha value is -2.48. The number of anilines is 1. The third-order valence-corrected chi connectivity index (χ3v) is 5.44. The summed E-state index contributed by atoms with van der Waals surface area (Å²) in [5.41, 5.74) is 1.82. The third-order valence-electron chi connectivity index (χ3n) is 5.44. The van der Waals surface area contributed by atoms with Gasteiger partial charge in [-0.25, -0.2) is 4.39 Å². The Balaban J connectivity index is 0.00000109. The molecule has 7 nitrogen and oxygen atoms in total. The Morgan fingerprint density at radius 3 is 2.39 bits per heavy atom. The van der Waals surface area contributed by atoms with Gasteiger partial charge in [0.05, 0.1) is 0 Å². The van der Waals surface area contributed by atoms with Crippen LogP contribution in [0, 0.1) is 5.82 Å². The predicted octanol–water partition coefficient (Wildman–Crippen LogP) is 1.36. The van der Waals surface area contributed by atoms with Crippen molar-refractivity contribution in [2.75, 3.05) is 38.1 Å². The lowest BCUT2D eigenvalue weighted by atomic mass is 10.0. The van der Waals surface area contributed by atoms with Crippen LogP contribution in [0.25, 0.3) is 0 Å². The van der Waals surface area contributed by atoms with Crippen molar-refractivity contribution in [1.29, 1.82) is 0 Å². The lowest BCUT2D eigenvalue weighted by molar-refractivity contribution is -0.136. The van der Waals surface area contributed by atoms with Crippen LogP contribution in [-0.4, -0.2) is 66.8 Å². The number of piperazine rings is 1. The van der Waals surface area contributed by atoms with Crippen LogP contribution in [0.5, 0.6) is 0 Å². The number of rotatable bonds is 2. The van der Waals surface area contributed by atoms with E-state index in [1.54, 1.807) is 0 Å². The molecule has 1 unspecified atom stereocenters. The van der Waals surface area contributed by atoms with Crippen LogP contribution in [-0.2, 0) is 16.1 Å². The number of likely N-dealkylation sites (N-methyl/N-ethyl adjacent to an activating group) is 1. The molecule has 2 saturated heterocycles. The zero-order chi connectivity index (χ0) is 20.4. The lowest BCUT2D eigenvalue weighted by Crippen LogP contribution is -2.52. The van der Waals surface area contributed by atoms with Crippen LogP contribution >= 0.6 is 0 Å². The van der Waals surface area contributed by atoms with E-state index in [1.165, 1.54) is 17.0 Å². The van der Waals surface area contributed by atoms with Crippen LogP contribution < -0.4 is 10.2 Å². The van der Waals surface area contributed by atoms with Gasteiger partial charge in [0, 0.05) is 56.0 Å². The normalized spacial score (nSPS) is 22.6. The molecular formula is C20H27FN4O3. The first-order chi connectivity index (χ1) is 13.4. The van der Waals surface area contributed by atoms with E-state index in [1.807, 2.05) is 20.9 Å². The first kappa shape index (κ1) is 20.3. The number of carbonyl (C=O) groups is 3. The summed E-state index contributed by atoms with van der Waals surface area (Å²) < 4.78 is 14.2. The third kappa shape index (κ3) is 3.73. The van der Waals surface area contributed by atoms with Crippen LogP contribution in [0.3, 0.4) is 0 Å². The highest BCUT2D eigenvalue weighted by molar-refractivity contribution is 6.06. The molecule has 8 heteroatoms. The van der Waals surface area contributed by atoms with E-state index >= 15 is 0 Å². The van der Waals surface area contributed by atoms with Gasteiger partial charge >= 0.3 is 0 Å². The van der Waals surface area contributed by atoms with Crippen molar-refractivity contribution < 1.29 is 18.8 Å². The number of nitrogens with zero attached hydrogens (tertiary/aromatic N) is 3. The summed E-state index contributed by atoms with van der Waals surface area (Å²) in [4.78, 5) is 42.1. The van der Waals surface area contributed by atoms with Crippen molar-refractivity contribution in [3.63, 3.8) is 0 Å². The molecule has 3 aliphatic heterocycles. The Labute approximate surface area is 164 Å². The minimum Gasteiger partial charge on any atom is -0.369 e. The number of piperidine rings is 1. The first-order valence-corrected chi connectivity index (χ1v) is 9.84. The molecule has 0 aliphatic carbocycles. The molecule has 0 radical (unpaired) electrons. The zero-order valence-electron chi connectivity index (χ0n) is 16.6. The van der Waals surface area contributed by atoms with Gasteiger partial charge in [-0.3, -0.25) is 19.7 Å². The maximum absolute atomic E-state index is 14.2. The minimum atomic E-state index is -0.684. The van der Waals surface area contributed by atoms with Crippen LogP contribution in [0.4, 0.5) is 10.1 Å². The van der Waals surface area contributed by atoms with E-state index in [9.17, 15) is 18.8 Å². The second-order valence-corrected chi connectivity index (χ2v) is 7.14. The molecule has 4 rings (SSSR count). The fourth-order valence-corrected chi connectivity index (χ4v) is 3.94. The monoisotopic (exact) mass is 390 g/mol. The second-order valence-electron chi connectivity index (χ2n) is 7.14. The van der Waals surface area contributed by atoms with Gasteiger partial charge in [-0.1, -0.05) is 13.8 Å². The summed E-state index contributed by atoms with van der Waals surface area (Å²) in [7, 11) is 2.04. The van der Waals surface area contributed by atoms with Gasteiger partial charge < -0.3 is 14.7 Å². The Morgan fingerprint density at radius 2 is 1.75 bits per heavy atom. The fraction of sp³-hybridized carbons (Fsp3) is 0.550. The molecule has 1 N–H and O–H groups in total. The van der Waals surface area contributed by atoms with E-state index in [2.05, 4.69) is 15.1 Å². The number of carbonyl (C=O) groups excluding carboxylic acids is 3. The second kappa shape index (κ2) is 8.26. The predicted molar refractivity (Wildman–Crippen MR) is 104 cm³/mol. The summed E-state index contributed by atoms with van der Waals surface area (Å²) in [6, 6.07) is 2.05. The molecule has 3 heterocycles. The number of amides is 3. The van der Waals surface area contributed by atoms with Crippen LogP contribution in [0.1, 0.15) is 42.6 Å². The molecule has 0 aromatic heterocycles. The van der Waals surface area contributed by atoms with Gasteiger partial charge in [0.1, 0.15) is 11.9 Å². The first-order valence-electron chi connectivity index (χ1n) is 9.84. The summed E-state index contributed by atoms with van der Waals surface area (Å²) in [6.45, 7) is 7.53. The molecular weight excluding hydrogens is 363 g/mol. The van der Waals surface area contributed by atoms with Crippen molar-refractivity contribution >= 4 is 23.4 Å². The highest BCUT2D eigenvalue weighted by atomic mass is 19.1. The van der Waals surface area contributed by atoms with E-state index in [-0.39, 0.29) is 24.8 Å². The molecule has 1 atom stereocenters. The summed E-state index contributed by atoms with van der Waals surface area (Å²) in [5.74, 6) is -1.57. The molecule has 1 aromatic rings. The van der Waals surface area contributed by atoms with E-state index in [0.29, 0.717) is 12.0 Å². The number of hydrogen-bond donors (Lipinski definition) is 1. The standard InChI is InChI=1S/C18H21FN4O3.C2H6/c1-21-4-6-22(7-5-21)15-9-11(19)8-12-13(15)10-23(18(12)26)14-2-3-16(24)20-17(14)25;1-2/h8-9,14H,2-7,10H2,1H3,(H,20,24,25);1-2H3. The van der Waals surface area contributed by atoms with Gasteiger partial charge in [-0.2, -0.15) is 0 Å². The Bertz CT molecular complexity index is 790. The highest BCUT2D eigenvalue weighted by Crippen LogP contribution is 2.35. The zero-order valence-corrected chi connectivity index (χ0v) is 16.6. The summed E-state index contributed by atoms with van der Waals surface area (Å²) in [6.07, 6.45) is 0.507. The lowest BCUT2D eigenvalue weighted by Gasteiger charge is -2.35. The molecule has 0 saturated carbocycles. The van der Waals surface area contributed by atoms with Gasteiger partial charge in [0.25, 0.3) is 5.91 Å². The molecule has 152 valence electrons. The molecule has 3 aliphatic rings. The van der Waals surface area contributed by atoms with E-state index in [4.69, 9.17) is 0 Å². The van der Waals surface area contributed by atoms with Gasteiger partial charge in [0.2, 0.25) is 11.8 Å². The van der Waals surface area contributed by atoms with Gasteiger partial charge in [-0.15, -0.1) is 0 Å².